The normalized spacial score (nSPS) is 18.8. The maximum atomic E-state index is 5.76. The van der Waals surface area contributed by atoms with Crippen LogP contribution in [0.25, 0.3) is 0 Å². The van der Waals surface area contributed by atoms with Gasteiger partial charge in [0.1, 0.15) is 0 Å². The second-order valence-electron chi connectivity index (χ2n) is 5.62. The molecular formula is C16H26N2O. The van der Waals surface area contributed by atoms with E-state index in [9.17, 15) is 0 Å². The van der Waals surface area contributed by atoms with Crippen molar-refractivity contribution in [3.8, 4) is 0 Å². The Hall–Kier alpha value is -0.930. The lowest BCUT2D eigenvalue weighted by Crippen LogP contribution is -2.46. The maximum Gasteiger partial charge on any atom is 0.0693 e. The Balaban J connectivity index is 1.95. The molecule has 1 unspecified atom stereocenters. The minimum absolute atomic E-state index is 0.125. The second kappa shape index (κ2) is 7.01. The fourth-order valence-corrected chi connectivity index (χ4v) is 2.85. The lowest BCUT2D eigenvalue weighted by atomic mass is 9.75. The molecule has 0 saturated heterocycles. The van der Waals surface area contributed by atoms with Gasteiger partial charge in [0, 0.05) is 31.5 Å². The van der Waals surface area contributed by atoms with Gasteiger partial charge in [0.05, 0.1) is 5.60 Å². The number of rotatable bonds is 8. The SMILES string of the molecule is CCCNC(Cc1ccccn1)CC1(OC)CCC1. The number of hydrogen-bond donors (Lipinski definition) is 1. The summed E-state index contributed by atoms with van der Waals surface area (Å²) >= 11 is 0. The van der Waals surface area contributed by atoms with Crippen molar-refractivity contribution in [3.05, 3.63) is 30.1 Å². The molecule has 1 fully saturated rings. The van der Waals surface area contributed by atoms with Crippen molar-refractivity contribution in [2.24, 2.45) is 0 Å². The molecule has 2 rings (SSSR count). The van der Waals surface area contributed by atoms with Gasteiger partial charge in [-0.3, -0.25) is 4.98 Å². The van der Waals surface area contributed by atoms with E-state index in [0.29, 0.717) is 6.04 Å². The molecule has 1 aromatic rings. The number of aromatic nitrogens is 1. The number of ether oxygens (including phenoxy) is 1. The molecular weight excluding hydrogens is 236 g/mol. The molecule has 0 radical (unpaired) electrons. The summed E-state index contributed by atoms with van der Waals surface area (Å²) in [4.78, 5) is 4.45. The van der Waals surface area contributed by atoms with E-state index in [4.69, 9.17) is 4.74 Å². The van der Waals surface area contributed by atoms with E-state index in [1.165, 1.54) is 31.4 Å². The Morgan fingerprint density at radius 1 is 1.42 bits per heavy atom. The topological polar surface area (TPSA) is 34.2 Å². The Labute approximate surface area is 116 Å². The van der Waals surface area contributed by atoms with E-state index in [2.05, 4.69) is 29.4 Å². The standard InChI is InChI=1S/C16H26N2O/c1-3-10-17-15(12-14-7-4-5-11-18-14)13-16(19-2)8-6-9-16/h4-5,7,11,15,17H,3,6,8-10,12-13H2,1-2H3. The summed E-state index contributed by atoms with van der Waals surface area (Å²) in [6.45, 7) is 3.28. The summed E-state index contributed by atoms with van der Waals surface area (Å²) in [7, 11) is 1.86. The zero-order chi connectivity index (χ0) is 13.6. The first-order valence-corrected chi connectivity index (χ1v) is 7.46. The van der Waals surface area contributed by atoms with E-state index < -0.39 is 0 Å². The minimum atomic E-state index is 0.125. The fourth-order valence-electron chi connectivity index (χ4n) is 2.85. The quantitative estimate of drug-likeness (QED) is 0.782. The number of nitrogens with zero attached hydrogens (tertiary/aromatic N) is 1. The van der Waals surface area contributed by atoms with Gasteiger partial charge in [0.25, 0.3) is 0 Å². The van der Waals surface area contributed by atoms with Crippen molar-refractivity contribution in [1.29, 1.82) is 0 Å². The zero-order valence-corrected chi connectivity index (χ0v) is 12.2. The highest BCUT2D eigenvalue weighted by atomic mass is 16.5. The van der Waals surface area contributed by atoms with Crippen LogP contribution in [0.1, 0.15) is 44.7 Å². The molecule has 1 aromatic heterocycles. The first-order chi connectivity index (χ1) is 9.28. The van der Waals surface area contributed by atoms with Gasteiger partial charge in [0.15, 0.2) is 0 Å². The predicted octanol–water partition coefficient (Wildman–Crippen LogP) is 2.95. The van der Waals surface area contributed by atoms with Gasteiger partial charge < -0.3 is 10.1 Å². The summed E-state index contributed by atoms with van der Waals surface area (Å²) in [5.41, 5.74) is 1.29. The number of methoxy groups -OCH3 is 1. The second-order valence-corrected chi connectivity index (χ2v) is 5.62. The third-order valence-electron chi connectivity index (χ3n) is 4.18. The summed E-state index contributed by atoms with van der Waals surface area (Å²) in [5.74, 6) is 0. The van der Waals surface area contributed by atoms with Crippen LogP contribution in [0.5, 0.6) is 0 Å². The Kier molecular flexibility index (Phi) is 5.34. The van der Waals surface area contributed by atoms with Crippen LogP contribution in [0, 0.1) is 0 Å². The van der Waals surface area contributed by atoms with Crippen LogP contribution in [0.2, 0.25) is 0 Å². The molecule has 0 spiro atoms. The van der Waals surface area contributed by atoms with Gasteiger partial charge in [-0.2, -0.15) is 0 Å². The van der Waals surface area contributed by atoms with Gasteiger partial charge in [-0.05, 0) is 50.8 Å². The van der Waals surface area contributed by atoms with Gasteiger partial charge in [-0.1, -0.05) is 13.0 Å². The summed E-state index contributed by atoms with van der Waals surface area (Å²) in [6, 6.07) is 6.62. The van der Waals surface area contributed by atoms with Crippen LogP contribution in [0.4, 0.5) is 0 Å². The van der Waals surface area contributed by atoms with Crippen molar-refractivity contribution in [2.45, 2.75) is 57.1 Å². The van der Waals surface area contributed by atoms with E-state index in [1.54, 1.807) is 0 Å². The molecule has 1 saturated carbocycles. The highest BCUT2D eigenvalue weighted by molar-refractivity contribution is 5.06. The summed E-state index contributed by atoms with van der Waals surface area (Å²) in [6.07, 6.45) is 8.84. The van der Waals surface area contributed by atoms with Crippen LogP contribution in [-0.2, 0) is 11.2 Å². The van der Waals surface area contributed by atoms with Crippen LogP contribution < -0.4 is 5.32 Å². The molecule has 0 aromatic carbocycles. The minimum Gasteiger partial charge on any atom is -0.378 e. The monoisotopic (exact) mass is 262 g/mol. The van der Waals surface area contributed by atoms with Crippen LogP contribution >= 0.6 is 0 Å². The van der Waals surface area contributed by atoms with Crippen LogP contribution in [-0.4, -0.2) is 30.3 Å². The van der Waals surface area contributed by atoms with E-state index >= 15 is 0 Å². The van der Waals surface area contributed by atoms with Crippen molar-refractivity contribution < 1.29 is 4.74 Å². The van der Waals surface area contributed by atoms with Crippen molar-refractivity contribution in [1.82, 2.24) is 10.3 Å². The van der Waals surface area contributed by atoms with Gasteiger partial charge in [0.2, 0.25) is 0 Å². The molecule has 0 bridgehead atoms. The molecule has 3 nitrogen and oxygen atoms in total. The Morgan fingerprint density at radius 3 is 2.79 bits per heavy atom. The lowest BCUT2D eigenvalue weighted by Gasteiger charge is -2.43. The molecule has 1 atom stereocenters. The summed E-state index contributed by atoms with van der Waals surface area (Å²) < 4.78 is 5.76. The van der Waals surface area contributed by atoms with Gasteiger partial charge >= 0.3 is 0 Å². The molecule has 0 aliphatic heterocycles. The fraction of sp³-hybridized carbons (Fsp3) is 0.688. The zero-order valence-electron chi connectivity index (χ0n) is 12.2. The number of hydrogen-bond acceptors (Lipinski definition) is 3. The molecule has 1 heterocycles. The predicted molar refractivity (Wildman–Crippen MR) is 78.2 cm³/mol. The highest BCUT2D eigenvalue weighted by Gasteiger charge is 2.38. The first kappa shape index (κ1) is 14.5. The van der Waals surface area contributed by atoms with Crippen LogP contribution in [0.3, 0.4) is 0 Å². The third-order valence-corrected chi connectivity index (χ3v) is 4.18. The molecule has 0 amide bonds. The van der Waals surface area contributed by atoms with Gasteiger partial charge in [-0.15, -0.1) is 0 Å². The van der Waals surface area contributed by atoms with Crippen molar-refractivity contribution >= 4 is 0 Å². The molecule has 106 valence electrons. The third kappa shape index (κ3) is 4.02. The lowest BCUT2D eigenvalue weighted by molar-refractivity contribution is -0.0834. The van der Waals surface area contributed by atoms with E-state index in [0.717, 1.165) is 19.4 Å². The largest absolute Gasteiger partial charge is 0.378 e. The highest BCUT2D eigenvalue weighted by Crippen LogP contribution is 2.39. The molecule has 19 heavy (non-hydrogen) atoms. The summed E-state index contributed by atoms with van der Waals surface area (Å²) in [5, 5.41) is 3.66. The van der Waals surface area contributed by atoms with Crippen molar-refractivity contribution in [3.63, 3.8) is 0 Å². The Bertz CT molecular complexity index is 357. The van der Waals surface area contributed by atoms with E-state index in [1.807, 2.05) is 19.4 Å². The van der Waals surface area contributed by atoms with Crippen LogP contribution in [0.15, 0.2) is 24.4 Å². The maximum absolute atomic E-state index is 5.76. The van der Waals surface area contributed by atoms with Gasteiger partial charge in [-0.25, -0.2) is 0 Å². The molecule has 1 aliphatic carbocycles. The Morgan fingerprint density at radius 2 is 2.26 bits per heavy atom. The molecule has 1 aliphatic rings. The number of nitrogens with one attached hydrogen (secondary N) is 1. The smallest absolute Gasteiger partial charge is 0.0693 e. The molecule has 1 N–H and O–H groups in total. The molecule has 3 heteroatoms. The average Bonchev–Trinajstić information content (AvgIpc) is 2.41. The van der Waals surface area contributed by atoms with E-state index in [-0.39, 0.29) is 5.60 Å². The van der Waals surface area contributed by atoms with Crippen molar-refractivity contribution in [2.75, 3.05) is 13.7 Å². The number of pyridine rings is 1. The first-order valence-electron chi connectivity index (χ1n) is 7.46. The average molecular weight is 262 g/mol.